The van der Waals surface area contributed by atoms with E-state index in [1.165, 1.54) is 7.05 Å². The zero-order valence-corrected chi connectivity index (χ0v) is 8.61. The summed E-state index contributed by atoms with van der Waals surface area (Å²) in [4.78, 5) is 24.3. The van der Waals surface area contributed by atoms with Gasteiger partial charge in [0.15, 0.2) is 0 Å². The highest BCUT2D eigenvalue weighted by Gasteiger charge is 2.27. The van der Waals surface area contributed by atoms with E-state index in [4.69, 9.17) is 4.74 Å². The molecule has 0 radical (unpaired) electrons. The molecule has 1 heterocycles. The maximum absolute atomic E-state index is 11.7. The van der Waals surface area contributed by atoms with Gasteiger partial charge in [-0.1, -0.05) is 6.07 Å². The number of benzene rings is 1. The van der Waals surface area contributed by atoms with Crippen molar-refractivity contribution >= 4 is 11.8 Å². The molecule has 15 heavy (non-hydrogen) atoms. The molecule has 0 atom stereocenters. The molecule has 0 N–H and O–H groups in total. The Morgan fingerprint density at radius 2 is 2.07 bits per heavy atom. The van der Waals surface area contributed by atoms with Crippen LogP contribution >= 0.6 is 0 Å². The average Bonchev–Trinajstić information content (AvgIpc) is 2.26. The molecule has 0 aliphatic carbocycles. The quantitative estimate of drug-likeness (QED) is 0.638. The highest BCUT2D eigenvalue weighted by atomic mass is 16.5. The third kappa shape index (κ3) is 1.48. The van der Waals surface area contributed by atoms with Crippen LogP contribution in [-0.2, 0) is 11.2 Å². The van der Waals surface area contributed by atoms with E-state index in [1.807, 2.05) is 0 Å². The maximum Gasteiger partial charge on any atom is 0.260 e. The van der Waals surface area contributed by atoms with Crippen molar-refractivity contribution in [3.8, 4) is 5.75 Å². The molecular weight excluding hydrogens is 194 g/mol. The van der Waals surface area contributed by atoms with Crippen LogP contribution in [0.15, 0.2) is 18.2 Å². The van der Waals surface area contributed by atoms with E-state index in [2.05, 4.69) is 0 Å². The van der Waals surface area contributed by atoms with Gasteiger partial charge in [0.1, 0.15) is 5.75 Å². The number of methoxy groups -OCH3 is 1. The number of fused-ring (bicyclic) bond motifs is 1. The summed E-state index contributed by atoms with van der Waals surface area (Å²) in [7, 11) is 3.04. The third-order valence-corrected chi connectivity index (χ3v) is 2.57. The van der Waals surface area contributed by atoms with Gasteiger partial charge >= 0.3 is 0 Å². The second-order valence-corrected chi connectivity index (χ2v) is 3.46. The molecule has 0 aromatic heterocycles. The normalized spacial score (nSPS) is 15.2. The number of carbonyl (C=O) groups is 2. The van der Waals surface area contributed by atoms with E-state index in [0.29, 0.717) is 11.3 Å². The first-order valence-electron chi connectivity index (χ1n) is 4.61. The van der Waals surface area contributed by atoms with Crippen LogP contribution in [0, 0.1) is 0 Å². The number of carbonyl (C=O) groups excluding carboxylic acids is 2. The van der Waals surface area contributed by atoms with Gasteiger partial charge in [-0.15, -0.1) is 0 Å². The summed E-state index contributed by atoms with van der Waals surface area (Å²) in [6.45, 7) is 0. The Bertz CT molecular complexity index is 439. The number of rotatable bonds is 1. The van der Waals surface area contributed by atoms with Gasteiger partial charge in [0, 0.05) is 12.6 Å². The van der Waals surface area contributed by atoms with Crippen molar-refractivity contribution in [2.24, 2.45) is 0 Å². The Kier molecular flexibility index (Phi) is 2.19. The molecular formula is C11H11NO3. The smallest absolute Gasteiger partial charge is 0.260 e. The highest BCUT2D eigenvalue weighted by molar-refractivity contribution is 6.09. The van der Waals surface area contributed by atoms with Gasteiger partial charge in [0.05, 0.1) is 13.5 Å². The number of imide groups is 1. The minimum Gasteiger partial charge on any atom is -0.497 e. The van der Waals surface area contributed by atoms with E-state index >= 15 is 0 Å². The molecule has 0 unspecified atom stereocenters. The maximum atomic E-state index is 11.7. The summed E-state index contributed by atoms with van der Waals surface area (Å²) < 4.78 is 5.04. The van der Waals surface area contributed by atoms with E-state index < -0.39 is 0 Å². The zero-order chi connectivity index (χ0) is 11.0. The molecule has 4 heteroatoms. The first-order chi connectivity index (χ1) is 7.13. The van der Waals surface area contributed by atoms with Gasteiger partial charge < -0.3 is 4.74 Å². The van der Waals surface area contributed by atoms with E-state index in [9.17, 15) is 9.59 Å². The van der Waals surface area contributed by atoms with Gasteiger partial charge in [-0.2, -0.15) is 0 Å². The van der Waals surface area contributed by atoms with E-state index in [1.54, 1.807) is 25.3 Å². The van der Waals surface area contributed by atoms with Crippen LogP contribution in [0.1, 0.15) is 15.9 Å². The Hall–Kier alpha value is -1.84. The lowest BCUT2D eigenvalue weighted by Crippen LogP contribution is -2.39. The molecule has 1 aromatic carbocycles. The van der Waals surface area contributed by atoms with Crippen molar-refractivity contribution in [3.05, 3.63) is 29.3 Å². The number of ether oxygens (including phenoxy) is 1. The van der Waals surface area contributed by atoms with Gasteiger partial charge in [-0.25, -0.2) is 0 Å². The summed E-state index contributed by atoms with van der Waals surface area (Å²) in [5.74, 6) is 0.197. The largest absolute Gasteiger partial charge is 0.497 e. The molecule has 2 rings (SSSR count). The molecule has 4 nitrogen and oxygen atoms in total. The van der Waals surface area contributed by atoms with Gasteiger partial charge in [-0.05, 0) is 17.7 Å². The Morgan fingerprint density at radius 1 is 1.33 bits per heavy atom. The predicted octanol–water partition coefficient (Wildman–Crippen LogP) is 0.850. The Morgan fingerprint density at radius 3 is 2.73 bits per heavy atom. The van der Waals surface area contributed by atoms with Crippen molar-refractivity contribution in [1.29, 1.82) is 0 Å². The van der Waals surface area contributed by atoms with Crippen LogP contribution in [-0.4, -0.2) is 30.9 Å². The fourth-order valence-electron chi connectivity index (χ4n) is 1.61. The van der Waals surface area contributed by atoms with Crippen LogP contribution in [0.5, 0.6) is 5.75 Å². The number of hydrogen-bond donors (Lipinski definition) is 0. The van der Waals surface area contributed by atoms with Crippen LogP contribution in [0.3, 0.4) is 0 Å². The van der Waals surface area contributed by atoms with E-state index in [0.717, 1.165) is 10.5 Å². The fourth-order valence-corrected chi connectivity index (χ4v) is 1.61. The number of amides is 2. The summed E-state index contributed by atoms with van der Waals surface area (Å²) in [6.07, 6.45) is 0.279. The van der Waals surface area contributed by atoms with Gasteiger partial charge in [0.25, 0.3) is 5.91 Å². The molecule has 0 saturated heterocycles. The second-order valence-electron chi connectivity index (χ2n) is 3.46. The van der Waals surface area contributed by atoms with Gasteiger partial charge in [-0.3, -0.25) is 14.5 Å². The van der Waals surface area contributed by atoms with Crippen molar-refractivity contribution < 1.29 is 14.3 Å². The standard InChI is InChI=1S/C11H11NO3/c1-12-10(13)5-7-3-4-8(15-2)6-9(7)11(12)14/h3-4,6H,5H2,1-2H3. The van der Waals surface area contributed by atoms with Crippen molar-refractivity contribution in [2.75, 3.05) is 14.2 Å². The monoisotopic (exact) mass is 205 g/mol. The molecule has 0 saturated carbocycles. The van der Waals surface area contributed by atoms with Crippen LogP contribution < -0.4 is 4.74 Å². The van der Waals surface area contributed by atoms with Crippen LogP contribution in [0.4, 0.5) is 0 Å². The lowest BCUT2D eigenvalue weighted by Gasteiger charge is -2.23. The van der Waals surface area contributed by atoms with Crippen molar-refractivity contribution in [2.45, 2.75) is 6.42 Å². The molecule has 1 aromatic rings. The van der Waals surface area contributed by atoms with Crippen LogP contribution in [0.25, 0.3) is 0 Å². The molecule has 78 valence electrons. The number of hydrogen-bond acceptors (Lipinski definition) is 3. The molecule has 2 amide bonds. The second kappa shape index (κ2) is 3.38. The summed E-state index contributed by atoms with van der Waals surface area (Å²) in [5.41, 5.74) is 1.32. The topological polar surface area (TPSA) is 46.6 Å². The summed E-state index contributed by atoms with van der Waals surface area (Å²) in [5, 5.41) is 0. The highest BCUT2D eigenvalue weighted by Crippen LogP contribution is 2.23. The number of likely N-dealkylation sites (N-methyl/N-ethyl adjacent to an activating group) is 1. The fraction of sp³-hybridized carbons (Fsp3) is 0.273. The lowest BCUT2D eigenvalue weighted by atomic mass is 9.98. The molecule has 1 aliphatic heterocycles. The van der Waals surface area contributed by atoms with Crippen molar-refractivity contribution in [1.82, 2.24) is 4.90 Å². The zero-order valence-electron chi connectivity index (χ0n) is 8.61. The Labute approximate surface area is 87.4 Å². The number of nitrogens with zero attached hydrogens (tertiary/aromatic N) is 1. The molecule has 0 spiro atoms. The van der Waals surface area contributed by atoms with Crippen LogP contribution in [0.2, 0.25) is 0 Å². The molecule has 0 fully saturated rings. The van der Waals surface area contributed by atoms with Crippen molar-refractivity contribution in [3.63, 3.8) is 0 Å². The Balaban J connectivity index is 2.51. The first kappa shape index (κ1) is 9.71. The SMILES string of the molecule is COc1ccc2c(c1)C(=O)N(C)C(=O)C2. The minimum atomic E-state index is -0.264. The lowest BCUT2D eigenvalue weighted by molar-refractivity contribution is -0.127. The van der Waals surface area contributed by atoms with Gasteiger partial charge in [0.2, 0.25) is 5.91 Å². The molecule has 0 bridgehead atoms. The first-order valence-corrected chi connectivity index (χ1v) is 4.61. The third-order valence-electron chi connectivity index (χ3n) is 2.57. The molecule has 1 aliphatic rings. The summed E-state index contributed by atoms with van der Waals surface area (Å²) in [6, 6.07) is 5.18. The van der Waals surface area contributed by atoms with E-state index in [-0.39, 0.29) is 18.2 Å². The average molecular weight is 205 g/mol. The predicted molar refractivity (Wildman–Crippen MR) is 53.8 cm³/mol. The minimum absolute atomic E-state index is 0.169. The summed E-state index contributed by atoms with van der Waals surface area (Å²) >= 11 is 0.